The number of pyridine rings is 1. The topological polar surface area (TPSA) is 153 Å². The van der Waals surface area contributed by atoms with Crippen LogP contribution < -0.4 is 5.73 Å². The molecule has 0 fully saturated rings. The van der Waals surface area contributed by atoms with Crippen molar-refractivity contribution in [1.29, 1.82) is 5.26 Å². The summed E-state index contributed by atoms with van der Waals surface area (Å²) in [5.74, 6) is 0.129. The Labute approximate surface area is 170 Å². The van der Waals surface area contributed by atoms with E-state index in [1.807, 2.05) is 24.3 Å². The van der Waals surface area contributed by atoms with E-state index in [1.165, 1.54) is 0 Å². The van der Waals surface area contributed by atoms with Crippen LogP contribution in [0.2, 0.25) is 0 Å². The highest BCUT2D eigenvalue weighted by atomic mass is 16.2. The zero-order valence-corrected chi connectivity index (χ0v) is 15.5. The number of nitrogens with two attached hydrogens (primary N) is 1. The quantitative estimate of drug-likeness (QED) is 0.541. The predicted octanol–water partition coefficient (Wildman–Crippen LogP) is 1.72. The SMILES string of the molecule is N#Cc1cccc(-c2cc(-c3cn(Cc4ccccn4)nn3)nc(N)n2)c1.O=C=O. The third-order valence-electron chi connectivity index (χ3n) is 3.88. The minimum atomic E-state index is 0.129. The van der Waals surface area contributed by atoms with Gasteiger partial charge in [-0.15, -0.1) is 5.10 Å². The Hall–Kier alpha value is -4.74. The van der Waals surface area contributed by atoms with Crippen molar-refractivity contribution in [3.8, 4) is 28.7 Å². The molecule has 10 nitrogen and oxygen atoms in total. The molecule has 4 rings (SSSR count). The van der Waals surface area contributed by atoms with Crippen LogP contribution in [0.3, 0.4) is 0 Å². The third-order valence-corrected chi connectivity index (χ3v) is 3.88. The molecule has 0 amide bonds. The number of nitriles is 1. The van der Waals surface area contributed by atoms with E-state index in [4.69, 9.17) is 20.6 Å². The molecule has 0 bridgehead atoms. The number of nitrogens with zero attached hydrogens (tertiary/aromatic N) is 7. The molecule has 0 saturated carbocycles. The van der Waals surface area contributed by atoms with Crippen molar-refractivity contribution in [2.24, 2.45) is 0 Å². The zero-order chi connectivity index (χ0) is 21.3. The van der Waals surface area contributed by atoms with Crippen molar-refractivity contribution in [2.75, 3.05) is 5.73 Å². The summed E-state index contributed by atoms with van der Waals surface area (Å²) in [6.45, 7) is 0.505. The molecule has 2 N–H and O–H groups in total. The molecule has 10 heteroatoms. The van der Waals surface area contributed by atoms with E-state index < -0.39 is 0 Å². The highest BCUT2D eigenvalue weighted by Gasteiger charge is 2.11. The number of hydrogen-bond acceptors (Lipinski definition) is 9. The Bertz CT molecular complexity index is 1230. The second kappa shape index (κ2) is 9.45. The van der Waals surface area contributed by atoms with Crippen LogP contribution in [0.5, 0.6) is 0 Å². The molecule has 0 saturated heterocycles. The van der Waals surface area contributed by atoms with Crippen molar-refractivity contribution in [3.05, 3.63) is 72.2 Å². The molecule has 4 aromatic rings. The summed E-state index contributed by atoms with van der Waals surface area (Å²) in [4.78, 5) is 29.1. The lowest BCUT2D eigenvalue weighted by Crippen LogP contribution is -2.01. The van der Waals surface area contributed by atoms with E-state index in [0.29, 0.717) is 29.2 Å². The second-order valence-electron chi connectivity index (χ2n) is 5.90. The number of nitrogen functional groups attached to an aromatic ring is 1. The maximum absolute atomic E-state index is 9.09. The summed E-state index contributed by atoms with van der Waals surface area (Å²) in [6.07, 6.45) is 3.77. The summed E-state index contributed by atoms with van der Waals surface area (Å²) in [5, 5.41) is 17.4. The van der Waals surface area contributed by atoms with E-state index in [2.05, 4.69) is 31.3 Å². The second-order valence-corrected chi connectivity index (χ2v) is 5.90. The smallest absolute Gasteiger partial charge is 0.368 e. The van der Waals surface area contributed by atoms with Crippen LogP contribution in [0.25, 0.3) is 22.6 Å². The summed E-state index contributed by atoms with van der Waals surface area (Å²) in [5.41, 5.74) is 9.86. The van der Waals surface area contributed by atoms with Gasteiger partial charge in [0.1, 0.15) is 5.69 Å². The molecular weight excluding hydrogens is 384 g/mol. The lowest BCUT2D eigenvalue weighted by molar-refractivity contribution is -0.191. The molecule has 0 aliphatic rings. The van der Waals surface area contributed by atoms with Crippen LogP contribution in [-0.4, -0.2) is 36.1 Å². The average molecular weight is 398 g/mol. The molecular formula is C20H14N8O2. The van der Waals surface area contributed by atoms with Crippen LogP contribution in [-0.2, 0) is 16.1 Å². The predicted molar refractivity (Wildman–Crippen MR) is 104 cm³/mol. The maximum Gasteiger partial charge on any atom is 0.373 e. The van der Waals surface area contributed by atoms with Crippen molar-refractivity contribution >= 4 is 12.1 Å². The first-order chi connectivity index (χ1) is 14.6. The normalized spacial score (nSPS) is 9.70. The Kier molecular flexibility index (Phi) is 6.30. The average Bonchev–Trinajstić information content (AvgIpc) is 3.23. The van der Waals surface area contributed by atoms with E-state index in [9.17, 15) is 0 Å². The van der Waals surface area contributed by atoms with Gasteiger partial charge in [0.25, 0.3) is 0 Å². The number of rotatable bonds is 4. The monoisotopic (exact) mass is 398 g/mol. The number of carbonyl (C=O) groups excluding carboxylic acids is 2. The van der Waals surface area contributed by atoms with Gasteiger partial charge >= 0.3 is 6.15 Å². The molecule has 3 heterocycles. The molecule has 30 heavy (non-hydrogen) atoms. The van der Waals surface area contributed by atoms with Gasteiger partial charge in [0, 0.05) is 11.8 Å². The van der Waals surface area contributed by atoms with Gasteiger partial charge in [0.15, 0.2) is 0 Å². The largest absolute Gasteiger partial charge is 0.373 e. The minimum Gasteiger partial charge on any atom is -0.368 e. The van der Waals surface area contributed by atoms with E-state index in [0.717, 1.165) is 11.3 Å². The first-order valence-corrected chi connectivity index (χ1v) is 8.57. The van der Waals surface area contributed by atoms with E-state index >= 15 is 0 Å². The summed E-state index contributed by atoms with van der Waals surface area (Å²) in [7, 11) is 0. The van der Waals surface area contributed by atoms with Crippen LogP contribution in [0, 0.1) is 11.3 Å². The Morgan fingerprint density at radius 2 is 1.80 bits per heavy atom. The lowest BCUT2D eigenvalue weighted by Gasteiger charge is -2.04. The number of hydrogen-bond donors (Lipinski definition) is 1. The fourth-order valence-electron chi connectivity index (χ4n) is 2.64. The van der Waals surface area contributed by atoms with Gasteiger partial charge in [-0.2, -0.15) is 14.9 Å². The number of aromatic nitrogens is 6. The molecule has 0 aliphatic heterocycles. The van der Waals surface area contributed by atoms with E-state index in [-0.39, 0.29) is 12.1 Å². The fraction of sp³-hybridized carbons (Fsp3) is 0.0500. The summed E-state index contributed by atoms with van der Waals surface area (Å²) in [6, 6.07) is 16.8. The highest BCUT2D eigenvalue weighted by Crippen LogP contribution is 2.24. The summed E-state index contributed by atoms with van der Waals surface area (Å²) >= 11 is 0. The van der Waals surface area contributed by atoms with Crippen LogP contribution in [0.15, 0.2) is 60.9 Å². The Morgan fingerprint density at radius 3 is 2.53 bits per heavy atom. The number of benzene rings is 1. The van der Waals surface area contributed by atoms with Gasteiger partial charge in [-0.3, -0.25) is 4.98 Å². The molecule has 0 spiro atoms. The van der Waals surface area contributed by atoms with Gasteiger partial charge in [0.2, 0.25) is 5.95 Å². The first-order valence-electron chi connectivity index (χ1n) is 8.57. The van der Waals surface area contributed by atoms with Crippen molar-refractivity contribution < 1.29 is 9.59 Å². The molecule has 146 valence electrons. The van der Waals surface area contributed by atoms with E-state index in [1.54, 1.807) is 41.3 Å². The minimum absolute atomic E-state index is 0.129. The zero-order valence-electron chi connectivity index (χ0n) is 15.5. The van der Waals surface area contributed by atoms with Gasteiger partial charge in [-0.05, 0) is 30.3 Å². The van der Waals surface area contributed by atoms with Gasteiger partial charge in [0.05, 0.1) is 41.5 Å². The highest BCUT2D eigenvalue weighted by molar-refractivity contribution is 5.68. The molecule has 0 unspecified atom stereocenters. The van der Waals surface area contributed by atoms with Gasteiger partial charge in [-0.25, -0.2) is 14.6 Å². The molecule has 3 aromatic heterocycles. The first kappa shape index (κ1) is 20.0. The Balaban J connectivity index is 0.000000806. The fourth-order valence-corrected chi connectivity index (χ4v) is 2.64. The van der Waals surface area contributed by atoms with Crippen molar-refractivity contribution in [1.82, 2.24) is 29.9 Å². The molecule has 1 aromatic carbocycles. The van der Waals surface area contributed by atoms with Crippen molar-refractivity contribution in [2.45, 2.75) is 6.54 Å². The van der Waals surface area contributed by atoms with Crippen LogP contribution in [0.1, 0.15) is 11.3 Å². The maximum atomic E-state index is 9.09. The number of anilines is 1. The standard InChI is InChI=1S/C19H14N8.CO2/c20-10-13-4-3-5-14(8-13)16-9-17(24-19(21)23-16)18-12-27(26-25-18)11-15-6-1-2-7-22-15;2-1-3/h1-9,12H,11H2,(H2,21,23,24);. The lowest BCUT2D eigenvalue weighted by atomic mass is 10.1. The van der Waals surface area contributed by atoms with Gasteiger partial charge < -0.3 is 5.73 Å². The summed E-state index contributed by atoms with van der Waals surface area (Å²) < 4.78 is 1.69. The molecule has 0 atom stereocenters. The van der Waals surface area contributed by atoms with Crippen LogP contribution in [0.4, 0.5) is 5.95 Å². The Morgan fingerprint density at radius 1 is 1.00 bits per heavy atom. The van der Waals surface area contributed by atoms with Crippen LogP contribution >= 0.6 is 0 Å². The molecule has 0 radical (unpaired) electrons. The van der Waals surface area contributed by atoms with Gasteiger partial charge in [-0.1, -0.05) is 23.4 Å². The molecule has 0 aliphatic carbocycles. The van der Waals surface area contributed by atoms with Crippen molar-refractivity contribution in [3.63, 3.8) is 0 Å². The third kappa shape index (κ3) is 4.95.